The summed E-state index contributed by atoms with van der Waals surface area (Å²) in [6, 6.07) is 15.2. The first-order valence-electron chi connectivity index (χ1n) is 10.3. The molecule has 0 heterocycles. The number of ether oxygens (including phenoxy) is 2. The third kappa shape index (κ3) is 7.12. The quantitative estimate of drug-likeness (QED) is 0.469. The molecular formula is C25H32O6. The molecule has 2 unspecified atom stereocenters. The number of aliphatic carboxylic acids is 1. The number of benzene rings is 2. The second-order valence-electron chi connectivity index (χ2n) is 8.10. The van der Waals surface area contributed by atoms with Crippen LogP contribution in [0.1, 0.15) is 45.2 Å². The first-order chi connectivity index (χ1) is 14.6. The molecule has 0 fully saturated rings. The lowest BCUT2D eigenvalue weighted by Crippen LogP contribution is -2.23. The Kier molecular flexibility index (Phi) is 8.65. The Morgan fingerprint density at radius 2 is 1.29 bits per heavy atom. The molecule has 6 nitrogen and oxygen atoms in total. The minimum atomic E-state index is -0.939. The van der Waals surface area contributed by atoms with Crippen molar-refractivity contribution in [1.29, 1.82) is 0 Å². The Hall–Kier alpha value is -2.83. The van der Waals surface area contributed by atoms with Crippen molar-refractivity contribution in [2.75, 3.05) is 13.2 Å². The van der Waals surface area contributed by atoms with Gasteiger partial charge >= 0.3 is 5.97 Å². The largest absolute Gasteiger partial charge is 0.491 e. The summed E-state index contributed by atoms with van der Waals surface area (Å²) in [6.45, 7) is 7.41. The highest BCUT2D eigenvalue weighted by Gasteiger charge is 2.28. The van der Waals surface area contributed by atoms with Crippen LogP contribution in [0.15, 0.2) is 60.2 Å². The fraction of sp³-hybridized carbons (Fsp3) is 0.400. The molecular weight excluding hydrogens is 396 g/mol. The average molecular weight is 429 g/mol. The Labute approximate surface area is 183 Å². The third-order valence-electron chi connectivity index (χ3n) is 5.12. The molecule has 0 radical (unpaired) electrons. The van der Waals surface area contributed by atoms with Crippen molar-refractivity contribution >= 4 is 5.97 Å². The molecule has 2 rings (SSSR count). The molecule has 2 aromatic carbocycles. The highest BCUT2D eigenvalue weighted by Crippen LogP contribution is 2.37. The molecule has 2 atom stereocenters. The SMILES string of the molecule is CC(=CCC(C)(c1ccc(OCC(C)O)cc1)c1ccc(OCC(C)O)cc1)C(=O)O. The molecule has 0 aliphatic carbocycles. The van der Waals surface area contributed by atoms with Crippen molar-refractivity contribution in [2.45, 2.75) is 51.7 Å². The number of rotatable bonds is 11. The van der Waals surface area contributed by atoms with Gasteiger partial charge in [-0.15, -0.1) is 0 Å². The fourth-order valence-corrected chi connectivity index (χ4v) is 3.12. The highest BCUT2D eigenvalue weighted by molar-refractivity contribution is 5.85. The van der Waals surface area contributed by atoms with E-state index in [2.05, 4.69) is 6.92 Å². The highest BCUT2D eigenvalue weighted by atomic mass is 16.5. The van der Waals surface area contributed by atoms with E-state index < -0.39 is 23.6 Å². The lowest BCUT2D eigenvalue weighted by molar-refractivity contribution is -0.132. The second kappa shape index (κ2) is 11.0. The van der Waals surface area contributed by atoms with E-state index in [1.54, 1.807) is 26.8 Å². The Morgan fingerprint density at radius 1 is 0.903 bits per heavy atom. The molecule has 0 amide bonds. The first-order valence-corrected chi connectivity index (χ1v) is 10.3. The number of allylic oxidation sites excluding steroid dienone is 1. The summed E-state index contributed by atoms with van der Waals surface area (Å²) < 4.78 is 11.1. The smallest absolute Gasteiger partial charge is 0.330 e. The van der Waals surface area contributed by atoms with Crippen LogP contribution in [0.5, 0.6) is 11.5 Å². The van der Waals surface area contributed by atoms with Crippen LogP contribution >= 0.6 is 0 Å². The molecule has 2 aromatic rings. The van der Waals surface area contributed by atoms with E-state index in [4.69, 9.17) is 9.47 Å². The van der Waals surface area contributed by atoms with Crippen molar-refractivity contribution < 1.29 is 29.6 Å². The van der Waals surface area contributed by atoms with E-state index in [0.717, 1.165) is 11.1 Å². The lowest BCUT2D eigenvalue weighted by atomic mass is 9.73. The van der Waals surface area contributed by atoms with Crippen molar-refractivity contribution in [3.63, 3.8) is 0 Å². The van der Waals surface area contributed by atoms with Gasteiger partial charge < -0.3 is 24.8 Å². The number of aliphatic hydroxyl groups is 2. The molecule has 0 aromatic heterocycles. The lowest BCUT2D eigenvalue weighted by Gasteiger charge is -2.30. The molecule has 0 spiro atoms. The summed E-state index contributed by atoms with van der Waals surface area (Å²) in [4.78, 5) is 11.3. The van der Waals surface area contributed by atoms with Gasteiger partial charge in [0.2, 0.25) is 0 Å². The van der Waals surface area contributed by atoms with Gasteiger partial charge in [-0.05, 0) is 62.6 Å². The molecule has 168 valence electrons. The van der Waals surface area contributed by atoms with Crippen LogP contribution in [0, 0.1) is 0 Å². The average Bonchev–Trinajstić information content (AvgIpc) is 2.74. The van der Waals surface area contributed by atoms with Crippen molar-refractivity contribution in [3.8, 4) is 11.5 Å². The van der Waals surface area contributed by atoms with Gasteiger partial charge in [0.15, 0.2) is 0 Å². The molecule has 0 bridgehead atoms. The van der Waals surface area contributed by atoms with Crippen LogP contribution in [0.3, 0.4) is 0 Å². The van der Waals surface area contributed by atoms with Crippen LogP contribution in [0.4, 0.5) is 0 Å². The minimum absolute atomic E-state index is 0.213. The van der Waals surface area contributed by atoms with E-state index in [1.807, 2.05) is 48.5 Å². The summed E-state index contributed by atoms with van der Waals surface area (Å²) in [5, 5.41) is 28.1. The summed E-state index contributed by atoms with van der Waals surface area (Å²) in [5.41, 5.74) is 1.82. The zero-order chi connectivity index (χ0) is 23.0. The number of carboxylic acids is 1. The minimum Gasteiger partial charge on any atom is -0.491 e. The van der Waals surface area contributed by atoms with E-state index >= 15 is 0 Å². The molecule has 31 heavy (non-hydrogen) atoms. The molecule has 0 aliphatic rings. The second-order valence-corrected chi connectivity index (χ2v) is 8.10. The molecule has 0 saturated carbocycles. The Morgan fingerprint density at radius 3 is 1.61 bits per heavy atom. The Balaban J connectivity index is 2.35. The van der Waals surface area contributed by atoms with Crippen molar-refractivity contribution in [2.24, 2.45) is 0 Å². The zero-order valence-electron chi connectivity index (χ0n) is 18.5. The van der Waals surface area contributed by atoms with Gasteiger partial charge in [-0.3, -0.25) is 0 Å². The van der Waals surface area contributed by atoms with Gasteiger partial charge in [0.05, 0.1) is 12.2 Å². The number of carbonyl (C=O) groups is 1. The van der Waals surface area contributed by atoms with Gasteiger partial charge in [0.1, 0.15) is 24.7 Å². The summed E-state index contributed by atoms with van der Waals surface area (Å²) >= 11 is 0. The monoisotopic (exact) mass is 428 g/mol. The van der Waals surface area contributed by atoms with Gasteiger partial charge in [-0.1, -0.05) is 37.3 Å². The van der Waals surface area contributed by atoms with E-state index in [1.165, 1.54) is 0 Å². The maximum absolute atomic E-state index is 11.3. The predicted molar refractivity (Wildman–Crippen MR) is 120 cm³/mol. The first kappa shape index (κ1) is 24.4. The normalized spacial score (nSPS) is 15.6. The summed E-state index contributed by atoms with van der Waals surface area (Å²) in [6.07, 6.45) is 1.12. The number of hydrogen-bond donors (Lipinski definition) is 3. The molecule has 0 aliphatic heterocycles. The summed E-state index contributed by atoms with van der Waals surface area (Å²) in [7, 11) is 0. The van der Waals surface area contributed by atoms with Gasteiger partial charge in [0.25, 0.3) is 0 Å². The molecule has 0 saturated heterocycles. The van der Waals surface area contributed by atoms with Gasteiger partial charge in [-0.2, -0.15) is 0 Å². The fourth-order valence-electron chi connectivity index (χ4n) is 3.12. The van der Waals surface area contributed by atoms with Crippen LogP contribution in [-0.4, -0.2) is 46.7 Å². The molecule has 6 heteroatoms. The Bertz CT molecular complexity index is 810. The third-order valence-corrected chi connectivity index (χ3v) is 5.12. The number of aliphatic hydroxyl groups excluding tert-OH is 2. The standard InChI is InChI=1S/C25H32O6/c1-17(24(28)29)13-14-25(4,20-5-9-22(10-6-20)30-15-18(2)26)21-7-11-23(12-8-21)31-16-19(3)27/h5-13,18-19,26-27H,14-16H2,1-4H3,(H,28,29). The maximum Gasteiger partial charge on any atom is 0.330 e. The van der Waals surface area contributed by atoms with Gasteiger partial charge in [0, 0.05) is 11.0 Å². The zero-order valence-corrected chi connectivity index (χ0v) is 18.5. The number of hydrogen-bond acceptors (Lipinski definition) is 5. The van der Waals surface area contributed by atoms with E-state index in [9.17, 15) is 20.1 Å². The van der Waals surface area contributed by atoms with Gasteiger partial charge in [-0.25, -0.2) is 4.79 Å². The van der Waals surface area contributed by atoms with E-state index in [0.29, 0.717) is 23.5 Å². The number of carboxylic acid groups (broad SMARTS) is 1. The maximum atomic E-state index is 11.3. The topological polar surface area (TPSA) is 96.2 Å². The van der Waals surface area contributed by atoms with Crippen molar-refractivity contribution in [3.05, 3.63) is 71.3 Å². The summed E-state index contributed by atoms with van der Waals surface area (Å²) in [5.74, 6) is 0.378. The van der Waals surface area contributed by atoms with Crippen LogP contribution in [-0.2, 0) is 10.2 Å². The predicted octanol–water partition coefficient (Wildman–Crippen LogP) is 3.93. The van der Waals surface area contributed by atoms with E-state index in [-0.39, 0.29) is 13.2 Å². The van der Waals surface area contributed by atoms with Crippen LogP contribution < -0.4 is 9.47 Å². The van der Waals surface area contributed by atoms with Crippen LogP contribution in [0.2, 0.25) is 0 Å². The van der Waals surface area contributed by atoms with Crippen molar-refractivity contribution in [1.82, 2.24) is 0 Å². The van der Waals surface area contributed by atoms with Crippen LogP contribution in [0.25, 0.3) is 0 Å². The molecule has 3 N–H and O–H groups in total.